The lowest BCUT2D eigenvalue weighted by molar-refractivity contribution is 0.668. The minimum atomic E-state index is 0.853. The highest BCUT2D eigenvalue weighted by molar-refractivity contribution is 6.19. The van der Waals surface area contributed by atoms with E-state index in [-0.39, 0.29) is 0 Å². The van der Waals surface area contributed by atoms with Crippen LogP contribution < -0.4 is 4.90 Å². The summed E-state index contributed by atoms with van der Waals surface area (Å²) in [6.07, 6.45) is 0. The number of fused-ring (bicyclic) bond motifs is 11. The number of anilines is 3. The van der Waals surface area contributed by atoms with E-state index in [2.05, 4.69) is 144 Å². The summed E-state index contributed by atoms with van der Waals surface area (Å²) >= 11 is 0. The average molecular weight is 642 g/mol. The van der Waals surface area contributed by atoms with Crippen molar-refractivity contribution in [2.75, 3.05) is 4.90 Å². The van der Waals surface area contributed by atoms with Crippen LogP contribution in [0.5, 0.6) is 0 Å². The Labute approximate surface area is 286 Å². The average Bonchev–Trinajstić information content (AvgIpc) is 3.86. The Morgan fingerprint density at radius 2 is 0.940 bits per heavy atom. The molecule has 0 N–H and O–H groups in total. The highest BCUT2D eigenvalue weighted by Crippen LogP contribution is 2.43. The second kappa shape index (κ2) is 10.4. The third-order valence-corrected chi connectivity index (χ3v) is 10.1. The smallest absolute Gasteiger partial charge is 0.143 e. The van der Waals surface area contributed by atoms with Crippen LogP contribution in [-0.2, 0) is 0 Å². The highest BCUT2D eigenvalue weighted by Gasteiger charge is 2.19. The number of furan rings is 3. The van der Waals surface area contributed by atoms with Gasteiger partial charge in [-0.25, -0.2) is 0 Å². The SMILES string of the molecule is c1ccc2c(c1)ccc1c2oc2cccc(-c3ccc(N(c4ccc5c(c4)oc4ccccc45)c4ccc5oc6ccccc6c5c4)cc3)c21. The predicted molar refractivity (Wildman–Crippen MR) is 206 cm³/mol. The molecule has 0 radical (unpaired) electrons. The molecule has 0 bridgehead atoms. The Bertz CT molecular complexity index is 3110. The second-order valence-electron chi connectivity index (χ2n) is 12.9. The van der Waals surface area contributed by atoms with Gasteiger partial charge in [0.1, 0.15) is 33.5 Å². The molecule has 0 saturated carbocycles. The molecule has 8 aromatic carbocycles. The Morgan fingerprint density at radius 1 is 0.340 bits per heavy atom. The Balaban J connectivity index is 1.08. The molecule has 3 heterocycles. The summed E-state index contributed by atoms with van der Waals surface area (Å²) in [6.45, 7) is 0. The fourth-order valence-corrected chi connectivity index (χ4v) is 7.74. The van der Waals surface area contributed by atoms with Crippen LogP contribution >= 0.6 is 0 Å². The summed E-state index contributed by atoms with van der Waals surface area (Å²) in [6, 6.07) is 57.2. The number of rotatable bonds is 4. The molecule has 0 aliphatic heterocycles. The maximum Gasteiger partial charge on any atom is 0.143 e. The molecule has 50 heavy (non-hydrogen) atoms. The molecule has 3 aromatic heterocycles. The van der Waals surface area contributed by atoms with E-state index in [9.17, 15) is 0 Å². The van der Waals surface area contributed by atoms with Crippen LogP contribution in [-0.4, -0.2) is 0 Å². The Morgan fingerprint density at radius 3 is 1.78 bits per heavy atom. The first-order chi connectivity index (χ1) is 24.8. The lowest BCUT2D eigenvalue weighted by atomic mass is 9.98. The summed E-state index contributed by atoms with van der Waals surface area (Å²) in [5.74, 6) is 0. The van der Waals surface area contributed by atoms with Crippen molar-refractivity contribution in [3.05, 3.63) is 164 Å². The minimum absolute atomic E-state index is 0.853. The fraction of sp³-hybridized carbons (Fsp3) is 0. The summed E-state index contributed by atoms with van der Waals surface area (Å²) in [7, 11) is 0. The van der Waals surface area contributed by atoms with E-state index >= 15 is 0 Å². The van der Waals surface area contributed by atoms with Crippen LogP contribution in [0.1, 0.15) is 0 Å². The van der Waals surface area contributed by atoms with Crippen LogP contribution in [0.2, 0.25) is 0 Å². The zero-order valence-corrected chi connectivity index (χ0v) is 26.8. The quantitative estimate of drug-likeness (QED) is 0.192. The van der Waals surface area contributed by atoms with Gasteiger partial charge in [0.2, 0.25) is 0 Å². The van der Waals surface area contributed by atoms with Crippen molar-refractivity contribution in [1.29, 1.82) is 0 Å². The summed E-state index contributed by atoms with van der Waals surface area (Å²) in [5.41, 5.74) is 10.6. The molecule has 0 atom stereocenters. The molecule has 0 saturated heterocycles. The number of hydrogen-bond acceptors (Lipinski definition) is 4. The summed E-state index contributed by atoms with van der Waals surface area (Å²) in [4.78, 5) is 2.29. The van der Waals surface area contributed by atoms with E-state index in [1.807, 2.05) is 24.3 Å². The molecule has 11 aromatic rings. The Hall–Kier alpha value is -6.78. The van der Waals surface area contributed by atoms with Gasteiger partial charge in [0.05, 0.1) is 0 Å². The molecule has 0 fully saturated rings. The molecule has 234 valence electrons. The molecule has 0 aliphatic carbocycles. The first-order valence-corrected chi connectivity index (χ1v) is 16.8. The topological polar surface area (TPSA) is 42.7 Å². The van der Waals surface area contributed by atoms with E-state index in [1.54, 1.807) is 0 Å². The van der Waals surface area contributed by atoms with Gasteiger partial charge in [0.25, 0.3) is 0 Å². The number of hydrogen-bond donors (Lipinski definition) is 0. The van der Waals surface area contributed by atoms with E-state index in [4.69, 9.17) is 13.3 Å². The summed E-state index contributed by atoms with van der Waals surface area (Å²) < 4.78 is 19.0. The molecule has 0 spiro atoms. The molecule has 0 aliphatic rings. The van der Waals surface area contributed by atoms with Gasteiger partial charge in [-0.15, -0.1) is 0 Å². The lowest BCUT2D eigenvalue weighted by Gasteiger charge is -2.26. The van der Waals surface area contributed by atoms with Crippen molar-refractivity contribution in [1.82, 2.24) is 0 Å². The molecule has 0 unspecified atom stereocenters. The van der Waals surface area contributed by atoms with Crippen LogP contribution in [0.4, 0.5) is 17.1 Å². The van der Waals surface area contributed by atoms with Crippen molar-refractivity contribution in [2.24, 2.45) is 0 Å². The van der Waals surface area contributed by atoms with Gasteiger partial charge in [0, 0.05) is 60.8 Å². The van der Waals surface area contributed by atoms with Gasteiger partial charge >= 0.3 is 0 Å². The third kappa shape index (κ3) is 3.99. The first kappa shape index (κ1) is 27.2. The molecule has 11 rings (SSSR count). The third-order valence-electron chi connectivity index (χ3n) is 10.1. The van der Waals surface area contributed by atoms with Crippen molar-refractivity contribution in [3.8, 4) is 11.1 Å². The van der Waals surface area contributed by atoms with Gasteiger partial charge in [-0.1, -0.05) is 91.0 Å². The predicted octanol–water partition coefficient (Wildman–Crippen LogP) is 13.7. The fourth-order valence-electron chi connectivity index (χ4n) is 7.74. The first-order valence-electron chi connectivity index (χ1n) is 16.8. The van der Waals surface area contributed by atoms with Crippen molar-refractivity contribution >= 4 is 93.7 Å². The monoisotopic (exact) mass is 641 g/mol. The van der Waals surface area contributed by atoms with Crippen LogP contribution in [0.3, 0.4) is 0 Å². The van der Waals surface area contributed by atoms with E-state index in [1.165, 1.54) is 5.39 Å². The maximum absolute atomic E-state index is 6.50. The normalized spacial score (nSPS) is 12.0. The molecule has 0 amide bonds. The Kier molecular flexibility index (Phi) is 5.63. The largest absolute Gasteiger partial charge is 0.456 e. The minimum Gasteiger partial charge on any atom is -0.456 e. The lowest BCUT2D eigenvalue weighted by Crippen LogP contribution is -2.09. The van der Waals surface area contributed by atoms with Crippen molar-refractivity contribution in [3.63, 3.8) is 0 Å². The van der Waals surface area contributed by atoms with Crippen LogP contribution in [0, 0.1) is 0 Å². The van der Waals surface area contributed by atoms with Gasteiger partial charge in [-0.2, -0.15) is 0 Å². The number of para-hydroxylation sites is 2. The van der Waals surface area contributed by atoms with Gasteiger partial charge in [0.15, 0.2) is 0 Å². The van der Waals surface area contributed by atoms with Gasteiger partial charge < -0.3 is 18.2 Å². The molecule has 4 heteroatoms. The molecule has 4 nitrogen and oxygen atoms in total. The number of nitrogens with zero attached hydrogens (tertiary/aromatic N) is 1. The van der Waals surface area contributed by atoms with Gasteiger partial charge in [-0.3, -0.25) is 0 Å². The standard InChI is InChI=1S/C46H27NO3/c1-2-9-34-28(8-1)18-23-38-45-33(12-7-15-43(45)50-46(34)38)29-16-19-30(20-17-29)47(31-22-25-42-39(26-31)36-11-4-6-14-41(36)48-42)32-21-24-37-35-10-3-5-13-40(35)49-44(37)27-32/h1-27H. The molecular weight excluding hydrogens is 615 g/mol. The zero-order chi connectivity index (χ0) is 32.8. The molecular formula is C46H27NO3. The maximum atomic E-state index is 6.50. The highest BCUT2D eigenvalue weighted by atomic mass is 16.3. The van der Waals surface area contributed by atoms with Crippen LogP contribution in [0.15, 0.2) is 177 Å². The van der Waals surface area contributed by atoms with Crippen molar-refractivity contribution < 1.29 is 13.3 Å². The second-order valence-corrected chi connectivity index (χ2v) is 12.9. The number of benzene rings is 8. The zero-order valence-electron chi connectivity index (χ0n) is 26.8. The summed E-state index contributed by atoms with van der Waals surface area (Å²) in [5, 5.41) is 8.95. The van der Waals surface area contributed by atoms with E-state index < -0.39 is 0 Å². The van der Waals surface area contributed by atoms with Crippen molar-refractivity contribution in [2.45, 2.75) is 0 Å². The van der Waals surface area contributed by atoms with E-state index in [0.717, 1.165) is 99.4 Å². The van der Waals surface area contributed by atoms with Gasteiger partial charge in [-0.05, 0) is 83.2 Å². The van der Waals surface area contributed by atoms with Crippen LogP contribution in [0.25, 0.3) is 87.7 Å². The van der Waals surface area contributed by atoms with E-state index in [0.29, 0.717) is 0 Å².